The Morgan fingerprint density at radius 2 is 2.33 bits per heavy atom. The lowest BCUT2D eigenvalue weighted by Crippen LogP contribution is -2.36. The normalized spacial score (nSPS) is 21.7. The zero-order chi connectivity index (χ0) is 10.8. The number of ether oxygens (including phenoxy) is 1. The van der Waals surface area contributed by atoms with Gasteiger partial charge in [-0.3, -0.25) is 4.99 Å². The van der Waals surface area contributed by atoms with E-state index in [0.717, 1.165) is 23.7 Å². The Bertz CT molecular complexity index is 401. The van der Waals surface area contributed by atoms with E-state index in [9.17, 15) is 0 Å². The molecule has 80 valence electrons. The second kappa shape index (κ2) is 3.81. The molecule has 1 unspecified atom stereocenters. The van der Waals surface area contributed by atoms with E-state index in [2.05, 4.69) is 17.2 Å². The number of nitrogen functional groups attached to an aromatic ring is 1. The van der Waals surface area contributed by atoms with Gasteiger partial charge in [-0.2, -0.15) is 0 Å². The van der Waals surface area contributed by atoms with Crippen LogP contribution < -0.4 is 15.8 Å². The summed E-state index contributed by atoms with van der Waals surface area (Å²) in [7, 11) is 1.76. The summed E-state index contributed by atoms with van der Waals surface area (Å²) in [5.74, 6) is 1.67. The van der Waals surface area contributed by atoms with E-state index in [-0.39, 0.29) is 6.10 Å². The highest BCUT2D eigenvalue weighted by molar-refractivity contribution is 6.01. The summed E-state index contributed by atoms with van der Waals surface area (Å²) in [5, 5.41) is 3.24. The van der Waals surface area contributed by atoms with Crippen LogP contribution in [0, 0.1) is 0 Å². The third-order valence-electron chi connectivity index (χ3n) is 2.45. The molecule has 0 aromatic heterocycles. The highest BCUT2D eigenvalue weighted by Gasteiger charge is 2.23. The maximum Gasteiger partial charge on any atom is 0.155 e. The smallest absolute Gasteiger partial charge is 0.155 e. The Labute approximate surface area is 89.1 Å². The number of fused-ring (bicyclic) bond motifs is 1. The van der Waals surface area contributed by atoms with Gasteiger partial charge in [0.15, 0.2) is 6.10 Å². The summed E-state index contributed by atoms with van der Waals surface area (Å²) in [6.45, 7) is 2.06. The molecular weight excluding hydrogens is 190 g/mol. The maximum atomic E-state index is 5.79. The standard InChI is InChI=1S/C11H15N3O/c1-3-9-11(13-2)14-8-5-4-7(12)6-10(8)15-9/h4-6,9H,3,12H2,1-2H3,(H,13,14). The predicted octanol–water partition coefficient (Wildman–Crippen LogP) is 1.88. The van der Waals surface area contributed by atoms with Crippen molar-refractivity contribution in [1.82, 2.24) is 0 Å². The molecule has 1 aliphatic heterocycles. The summed E-state index contributed by atoms with van der Waals surface area (Å²) in [5.41, 5.74) is 7.33. The highest BCUT2D eigenvalue weighted by Crippen LogP contribution is 2.32. The fraction of sp³-hybridized carbons (Fsp3) is 0.364. The molecule has 0 fully saturated rings. The van der Waals surface area contributed by atoms with Crippen molar-refractivity contribution in [3.05, 3.63) is 18.2 Å². The Kier molecular flexibility index (Phi) is 2.49. The molecule has 4 nitrogen and oxygen atoms in total. The number of aliphatic imine (C=N–C) groups is 1. The van der Waals surface area contributed by atoms with Gasteiger partial charge in [-0.1, -0.05) is 6.92 Å². The van der Waals surface area contributed by atoms with E-state index in [4.69, 9.17) is 10.5 Å². The summed E-state index contributed by atoms with van der Waals surface area (Å²) in [6, 6.07) is 5.58. The average Bonchev–Trinajstić information content (AvgIpc) is 2.27. The van der Waals surface area contributed by atoms with Crippen molar-refractivity contribution in [2.24, 2.45) is 4.99 Å². The predicted molar refractivity (Wildman–Crippen MR) is 62.5 cm³/mol. The summed E-state index contributed by atoms with van der Waals surface area (Å²) in [4.78, 5) is 4.17. The van der Waals surface area contributed by atoms with E-state index in [1.807, 2.05) is 18.2 Å². The zero-order valence-electron chi connectivity index (χ0n) is 8.95. The van der Waals surface area contributed by atoms with Crippen LogP contribution in [-0.4, -0.2) is 19.0 Å². The molecule has 0 saturated carbocycles. The summed E-state index contributed by atoms with van der Waals surface area (Å²) in [6.07, 6.45) is 0.887. The maximum absolute atomic E-state index is 5.79. The monoisotopic (exact) mass is 205 g/mol. The lowest BCUT2D eigenvalue weighted by atomic mass is 10.1. The zero-order valence-corrected chi connectivity index (χ0v) is 8.95. The van der Waals surface area contributed by atoms with Gasteiger partial charge in [-0.05, 0) is 18.6 Å². The number of nitrogens with two attached hydrogens (primary N) is 1. The van der Waals surface area contributed by atoms with Gasteiger partial charge in [-0.25, -0.2) is 0 Å². The topological polar surface area (TPSA) is 59.6 Å². The van der Waals surface area contributed by atoms with Crippen molar-refractivity contribution in [3.63, 3.8) is 0 Å². The van der Waals surface area contributed by atoms with Crippen LogP contribution in [0.15, 0.2) is 23.2 Å². The fourth-order valence-electron chi connectivity index (χ4n) is 1.64. The second-order valence-electron chi connectivity index (χ2n) is 3.50. The van der Waals surface area contributed by atoms with Gasteiger partial charge < -0.3 is 15.8 Å². The van der Waals surface area contributed by atoms with Gasteiger partial charge in [0, 0.05) is 18.8 Å². The van der Waals surface area contributed by atoms with Crippen LogP contribution in [-0.2, 0) is 0 Å². The minimum atomic E-state index is 0.00398. The molecule has 15 heavy (non-hydrogen) atoms. The number of nitrogens with zero attached hydrogens (tertiary/aromatic N) is 1. The molecule has 1 atom stereocenters. The van der Waals surface area contributed by atoms with E-state index in [1.54, 1.807) is 7.05 Å². The number of rotatable bonds is 1. The summed E-state index contributed by atoms with van der Waals surface area (Å²) >= 11 is 0. The first kappa shape index (κ1) is 9.83. The molecule has 0 aliphatic carbocycles. The van der Waals surface area contributed by atoms with Crippen LogP contribution in [0.3, 0.4) is 0 Å². The Morgan fingerprint density at radius 3 is 3.00 bits per heavy atom. The van der Waals surface area contributed by atoms with Crippen LogP contribution in [0.25, 0.3) is 0 Å². The summed E-state index contributed by atoms with van der Waals surface area (Å²) < 4.78 is 5.79. The fourth-order valence-corrected chi connectivity index (χ4v) is 1.64. The third-order valence-corrected chi connectivity index (χ3v) is 2.45. The van der Waals surface area contributed by atoms with E-state index < -0.39 is 0 Å². The second-order valence-corrected chi connectivity index (χ2v) is 3.50. The van der Waals surface area contributed by atoms with Gasteiger partial charge in [0.2, 0.25) is 0 Å². The molecule has 0 bridgehead atoms. The first-order chi connectivity index (χ1) is 7.24. The van der Waals surface area contributed by atoms with Gasteiger partial charge in [-0.15, -0.1) is 0 Å². The van der Waals surface area contributed by atoms with E-state index in [1.165, 1.54) is 0 Å². The molecular formula is C11H15N3O. The van der Waals surface area contributed by atoms with Gasteiger partial charge >= 0.3 is 0 Å². The SMILES string of the molecule is CCC1Oc2cc(N)ccc2NC1=NC. The van der Waals surface area contributed by atoms with Crippen molar-refractivity contribution in [3.8, 4) is 5.75 Å². The molecule has 0 amide bonds. The van der Waals surface area contributed by atoms with Crippen molar-refractivity contribution in [2.45, 2.75) is 19.4 Å². The molecule has 1 aromatic carbocycles. The molecule has 4 heteroatoms. The number of hydrogen-bond donors (Lipinski definition) is 2. The third kappa shape index (κ3) is 1.75. The highest BCUT2D eigenvalue weighted by atomic mass is 16.5. The first-order valence-electron chi connectivity index (χ1n) is 5.04. The lowest BCUT2D eigenvalue weighted by molar-refractivity contribution is 0.258. The van der Waals surface area contributed by atoms with Crippen molar-refractivity contribution in [2.75, 3.05) is 18.1 Å². The van der Waals surface area contributed by atoms with Gasteiger partial charge in [0.1, 0.15) is 11.6 Å². The van der Waals surface area contributed by atoms with Crippen LogP contribution in [0.2, 0.25) is 0 Å². The number of nitrogens with one attached hydrogen (secondary N) is 1. The number of anilines is 2. The molecule has 3 N–H and O–H groups in total. The Morgan fingerprint density at radius 1 is 1.53 bits per heavy atom. The first-order valence-corrected chi connectivity index (χ1v) is 5.04. The number of hydrogen-bond acceptors (Lipinski definition) is 3. The number of amidine groups is 1. The average molecular weight is 205 g/mol. The molecule has 0 spiro atoms. The molecule has 0 saturated heterocycles. The van der Waals surface area contributed by atoms with E-state index >= 15 is 0 Å². The van der Waals surface area contributed by atoms with Crippen molar-refractivity contribution in [1.29, 1.82) is 0 Å². The van der Waals surface area contributed by atoms with Crippen molar-refractivity contribution >= 4 is 17.2 Å². The Hall–Kier alpha value is -1.71. The minimum absolute atomic E-state index is 0.00398. The lowest BCUT2D eigenvalue weighted by Gasteiger charge is -2.28. The van der Waals surface area contributed by atoms with E-state index in [0.29, 0.717) is 5.69 Å². The molecule has 0 radical (unpaired) electrons. The van der Waals surface area contributed by atoms with Crippen LogP contribution >= 0.6 is 0 Å². The van der Waals surface area contributed by atoms with Gasteiger partial charge in [0.05, 0.1) is 5.69 Å². The van der Waals surface area contributed by atoms with Crippen LogP contribution in [0.4, 0.5) is 11.4 Å². The quantitative estimate of drug-likeness (QED) is 0.688. The largest absolute Gasteiger partial charge is 0.480 e. The molecule has 1 aromatic rings. The Balaban J connectivity index is 2.37. The molecule has 1 heterocycles. The van der Waals surface area contributed by atoms with Crippen molar-refractivity contribution < 1.29 is 4.74 Å². The molecule has 1 aliphatic rings. The number of benzene rings is 1. The van der Waals surface area contributed by atoms with Crippen LogP contribution in [0.5, 0.6) is 5.75 Å². The van der Waals surface area contributed by atoms with Gasteiger partial charge in [0.25, 0.3) is 0 Å². The molecule has 2 rings (SSSR count). The minimum Gasteiger partial charge on any atom is -0.480 e. The van der Waals surface area contributed by atoms with Crippen LogP contribution in [0.1, 0.15) is 13.3 Å².